The van der Waals surface area contributed by atoms with E-state index in [0.29, 0.717) is 12.2 Å². The summed E-state index contributed by atoms with van der Waals surface area (Å²) in [4.78, 5) is 23.3. The van der Waals surface area contributed by atoms with Gasteiger partial charge < -0.3 is 14.2 Å². The highest BCUT2D eigenvalue weighted by molar-refractivity contribution is 6.12. The van der Waals surface area contributed by atoms with E-state index in [-0.39, 0.29) is 17.9 Å². The van der Waals surface area contributed by atoms with Crippen LogP contribution in [0.5, 0.6) is 11.5 Å². The van der Waals surface area contributed by atoms with Crippen LogP contribution in [0.15, 0.2) is 18.2 Å². The summed E-state index contributed by atoms with van der Waals surface area (Å²) >= 11 is 0. The summed E-state index contributed by atoms with van der Waals surface area (Å²) in [5, 5.41) is 0. The van der Waals surface area contributed by atoms with Crippen LogP contribution in [-0.2, 0) is 9.53 Å². The van der Waals surface area contributed by atoms with Gasteiger partial charge in [0.25, 0.3) is 6.17 Å². The predicted octanol–water partition coefficient (Wildman–Crippen LogP) is 2.18. The van der Waals surface area contributed by atoms with Gasteiger partial charge in [0.05, 0.1) is 26.4 Å². The van der Waals surface area contributed by atoms with Crippen molar-refractivity contribution in [1.82, 2.24) is 0 Å². The number of halogens is 1. The minimum atomic E-state index is -2.36. The van der Waals surface area contributed by atoms with E-state index in [9.17, 15) is 14.0 Å². The third-order valence-electron chi connectivity index (χ3n) is 2.56. The largest absolute Gasteiger partial charge is 0.497 e. The van der Waals surface area contributed by atoms with Crippen LogP contribution in [0.1, 0.15) is 23.7 Å². The third kappa shape index (κ3) is 3.69. The van der Waals surface area contributed by atoms with Gasteiger partial charge in [0.1, 0.15) is 11.5 Å². The molecule has 0 aliphatic heterocycles. The molecule has 0 heterocycles. The second-order valence-corrected chi connectivity index (χ2v) is 3.96. The number of ketones is 1. The molecule has 0 amide bonds. The van der Waals surface area contributed by atoms with Gasteiger partial charge in [-0.3, -0.25) is 4.79 Å². The lowest BCUT2D eigenvalue weighted by Crippen LogP contribution is -2.28. The molecule has 0 fully saturated rings. The molecule has 0 saturated carbocycles. The van der Waals surface area contributed by atoms with Crippen LogP contribution in [0, 0.1) is 0 Å². The minimum Gasteiger partial charge on any atom is -0.497 e. The standard InChI is InChI=1S/C14H17FO5/c1-4-7-20-14(17)12(15)13(16)10-6-5-9(18-2)8-11(10)19-3/h5-6,8,12H,4,7H2,1-3H3. The molecule has 6 heteroatoms. The normalized spacial score (nSPS) is 11.6. The van der Waals surface area contributed by atoms with Gasteiger partial charge in [-0.2, -0.15) is 0 Å². The van der Waals surface area contributed by atoms with E-state index in [2.05, 4.69) is 4.74 Å². The Morgan fingerprint density at radius 3 is 2.50 bits per heavy atom. The maximum Gasteiger partial charge on any atom is 0.349 e. The molecular weight excluding hydrogens is 267 g/mol. The van der Waals surface area contributed by atoms with Crippen LogP contribution in [0.2, 0.25) is 0 Å². The SMILES string of the molecule is CCCOC(=O)C(F)C(=O)c1ccc(OC)cc1OC. The molecule has 0 radical (unpaired) electrons. The van der Waals surface area contributed by atoms with Crippen molar-refractivity contribution in [2.75, 3.05) is 20.8 Å². The van der Waals surface area contributed by atoms with E-state index >= 15 is 0 Å². The quantitative estimate of drug-likeness (QED) is 0.436. The van der Waals surface area contributed by atoms with Crippen molar-refractivity contribution in [2.45, 2.75) is 19.5 Å². The molecule has 0 aromatic heterocycles. The van der Waals surface area contributed by atoms with Gasteiger partial charge in [-0.15, -0.1) is 0 Å². The number of ether oxygens (including phenoxy) is 3. The van der Waals surface area contributed by atoms with Crippen molar-refractivity contribution >= 4 is 11.8 Å². The maximum absolute atomic E-state index is 13.8. The molecule has 0 aliphatic carbocycles. The summed E-state index contributed by atoms with van der Waals surface area (Å²) in [7, 11) is 2.80. The molecule has 5 nitrogen and oxygen atoms in total. The summed E-state index contributed by atoms with van der Waals surface area (Å²) in [6.45, 7) is 1.85. The first-order valence-electron chi connectivity index (χ1n) is 6.12. The molecule has 1 rings (SSSR count). The van der Waals surface area contributed by atoms with E-state index < -0.39 is 17.9 Å². The average molecular weight is 284 g/mol. The molecule has 0 aliphatic rings. The molecule has 0 bridgehead atoms. The zero-order chi connectivity index (χ0) is 15.1. The van der Waals surface area contributed by atoms with E-state index in [1.54, 1.807) is 6.92 Å². The summed E-state index contributed by atoms with van der Waals surface area (Å²) in [6, 6.07) is 4.27. The number of carbonyl (C=O) groups is 2. The van der Waals surface area contributed by atoms with Crippen LogP contribution in [0.25, 0.3) is 0 Å². The Morgan fingerprint density at radius 2 is 1.95 bits per heavy atom. The fourth-order valence-corrected chi connectivity index (χ4v) is 1.52. The molecule has 1 unspecified atom stereocenters. The fourth-order valence-electron chi connectivity index (χ4n) is 1.52. The van der Waals surface area contributed by atoms with Crippen molar-refractivity contribution in [3.8, 4) is 11.5 Å². The number of carbonyl (C=O) groups excluding carboxylic acids is 2. The summed E-state index contributed by atoms with van der Waals surface area (Å²) in [6.07, 6.45) is -1.80. The maximum atomic E-state index is 13.8. The van der Waals surface area contributed by atoms with Crippen LogP contribution < -0.4 is 9.47 Å². The lowest BCUT2D eigenvalue weighted by atomic mass is 10.1. The first-order chi connectivity index (χ1) is 9.54. The van der Waals surface area contributed by atoms with E-state index in [1.807, 2.05) is 0 Å². The van der Waals surface area contributed by atoms with Gasteiger partial charge in [-0.25, -0.2) is 9.18 Å². The molecule has 110 valence electrons. The zero-order valence-electron chi connectivity index (χ0n) is 11.6. The van der Waals surface area contributed by atoms with Gasteiger partial charge >= 0.3 is 5.97 Å². The lowest BCUT2D eigenvalue weighted by Gasteiger charge is -2.11. The summed E-state index contributed by atoms with van der Waals surface area (Å²) in [5.74, 6) is -1.58. The monoisotopic (exact) mass is 284 g/mol. The Hall–Kier alpha value is -2.11. The Kier molecular flexibility index (Phi) is 5.96. The number of methoxy groups -OCH3 is 2. The summed E-state index contributed by atoms with van der Waals surface area (Å²) in [5.41, 5.74) is -0.0331. The zero-order valence-corrected chi connectivity index (χ0v) is 11.6. The van der Waals surface area contributed by atoms with Crippen molar-refractivity contribution < 1.29 is 28.2 Å². The first-order valence-corrected chi connectivity index (χ1v) is 6.12. The molecule has 0 spiro atoms. The molecule has 1 atom stereocenters. The highest BCUT2D eigenvalue weighted by Crippen LogP contribution is 2.26. The Morgan fingerprint density at radius 1 is 1.25 bits per heavy atom. The van der Waals surface area contributed by atoms with Crippen molar-refractivity contribution in [3.05, 3.63) is 23.8 Å². The number of alkyl halides is 1. The minimum absolute atomic E-state index is 0.0331. The Balaban J connectivity index is 2.93. The van der Waals surface area contributed by atoms with Gasteiger partial charge in [0.2, 0.25) is 5.78 Å². The van der Waals surface area contributed by atoms with Gasteiger partial charge in [-0.1, -0.05) is 6.92 Å². The third-order valence-corrected chi connectivity index (χ3v) is 2.56. The number of hydrogen-bond acceptors (Lipinski definition) is 5. The molecule has 20 heavy (non-hydrogen) atoms. The van der Waals surface area contributed by atoms with Crippen molar-refractivity contribution in [3.63, 3.8) is 0 Å². The second-order valence-electron chi connectivity index (χ2n) is 3.96. The van der Waals surface area contributed by atoms with E-state index in [0.717, 1.165) is 0 Å². The van der Waals surface area contributed by atoms with Crippen LogP contribution in [0.3, 0.4) is 0 Å². The molecule has 1 aromatic rings. The highest BCUT2D eigenvalue weighted by atomic mass is 19.1. The van der Waals surface area contributed by atoms with Crippen LogP contribution in [0.4, 0.5) is 4.39 Å². The second kappa shape index (κ2) is 7.47. The highest BCUT2D eigenvalue weighted by Gasteiger charge is 2.30. The lowest BCUT2D eigenvalue weighted by molar-refractivity contribution is -0.147. The number of Topliss-reactive ketones (excluding diaryl/α,β-unsaturated/α-hetero) is 1. The predicted molar refractivity (Wildman–Crippen MR) is 70.0 cm³/mol. The number of benzene rings is 1. The number of hydrogen-bond donors (Lipinski definition) is 0. The van der Waals surface area contributed by atoms with E-state index in [4.69, 9.17) is 9.47 Å². The molecular formula is C14H17FO5. The number of esters is 1. The smallest absolute Gasteiger partial charge is 0.349 e. The van der Waals surface area contributed by atoms with Crippen molar-refractivity contribution in [2.24, 2.45) is 0 Å². The van der Waals surface area contributed by atoms with E-state index in [1.165, 1.54) is 32.4 Å². The van der Waals surface area contributed by atoms with Gasteiger partial charge in [0, 0.05) is 6.07 Å². The Bertz CT molecular complexity index is 486. The number of rotatable bonds is 7. The molecule has 1 aromatic carbocycles. The topological polar surface area (TPSA) is 61.8 Å². The van der Waals surface area contributed by atoms with Gasteiger partial charge in [0.15, 0.2) is 0 Å². The average Bonchev–Trinajstić information content (AvgIpc) is 2.50. The molecule has 0 saturated heterocycles. The molecule has 0 N–H and O–H groups in total. The van der Waals surface area contributed by atoms with Crippen molar-refractivity contribution in [1.29, 1.82) is 0 Å². The van der Waals surface area contributed by atoms with Gasteiger partial charge in [-0.05, 0) is 18.6 Å². The first kappa shape index (κ1) is 15.9. The summed E-state index contributed by atoms with van der Waals surface area (Å²) < 4.78 is 28.4. The van der Waals surface area contributed by atoms with Crippen LogP contribution >= 0.6 is 0 Å². The van der Waals surface area contributed by atoms with Crippen LogP contribution in [-0.4, -0.2) is 38.8 Å². The Labute approximate surface area is 116 Å². The fraction of sp³-hybridized carbons (Fsp3) is 0.429.